The molecule has 1 aliphatic heterocycles. The first-order valence-corrected chi connectivity index (χ1v) is 10.9. The summed E-state index contributed by atoms with van der Waals surface area (Å²) in [5.41, 5.74) is 2.56. The van der Waals surface area contributed by atoms with E-state index in [0.29, 0.717) is 24.7 Å². The quantitative estimate of drug-likeness (QED) is 0.478. The Bertz CT molecular complexity index is 986. The van der Waals surface area contributed by atoms with E-state index in [0.717, 1.165) is 36.4 Å². The van der Waals surface area contributed by atoms with Crippen molar-refractivity contribution in [3.8, 4) is 11.5 Å². The highest BCUT2D eigenvalue weighted by Crippen LogP contribution is 2.25. The zero-order valence-electron chi connectivity index (χ0n) is 18.0. The molecule has 1 fully saturated rings. The van der Waals surface area contributed by atoms with Gasteiger partial charge in [0.15, 0.2) is 0 Å². The minimum absolute atomic E-state index is 0.142. The van der Waals surface area contributed by atoms with Crippen molar-refractivity contribution >= 4 is 17.3 Å². The average molecular weight is 433 g/mol. The van der Waals surface area contributed by atoms with Gasteiger partial charge >= 0.3 is 0 Å². The van der Waals surface area contributed by atoms with Crippen molar-refractivity contribution in [1.82, 2.24) is 0 Å². The predicted molar refractivity (Wildman–Crippen MR) is 125 cm³/mol. The summed E-state index contributed by atoms with van der Waals surface area (Å²) in [7, 11) is 0. The number of hydrogen-bond donors (Lipinski definition) is 2. The van der Waals surface area contributed by atoms with Crippen molar-refractivity contribution in [2.45, 2.75) is 25.6 Å². The lowest BCUT2D eigenvalue weighted by Crippen LogP contribution is -2.22. The summed E-state index contributed by atoms with van der Waals surface area (Å²) in [5, 5.41) is 6.05. The number of carbonyl (C=O) groups excluding carboxylic acids is 1. The SMILES string of the molecule is O=C(CNc1ccc(OCC2CCCO2)cc1)Nc1ccccc1OCc1ccccc1. The summed E-state index contributed by atoms with van der Waals surface area (Å²) in [4.78, 5) is 12.5. The Labute approximate surface area is 188 Å². The van der Waals surface area contributed by atoms with Gasteiger partial charge in [-0.1, -0.05) is 42.5 Å². The summed E-state index contributed by atoms with van der Waals surface area (Å²) >= 11 is 0. The minimum atomic E-state index is -0.153. The molecule has 0 spiro atoms. The van der Waals surface area contributed by atoms with Crippen LogP contribution in [0.2, 0.25) is 0 Å². The van der Waals surface area contributed by atoms with Gasteiger partial charge in [0.05, 0.1) is 18.3 Å². The molecule has 6 nitrogen and oxygen atoms in total. The normalized spacial score (nSPS) is 15.2. The molecule has 4 rings (SSSR count). The van der Waals surface area contributed by atoms with Crippen LogP contribution in [0.15, 0.2) is 78.9 Å². The van der Waals surface area contributed by atoms with Gasteiger partial charge < -0.3 is 24.8 Å². The van der Waals surface area contributed by atoms with Gasteiger partial charge in [-0.15, -0.1) is 0 Å². The fourth-order valence-electron chi connectivity index (χ4n) is 3.44. The maximum Gasteiger partial charge on any atom is 0.243 e. The molecule has 1 amide bonds. The van der Waals surface area contributed by atoms with Crippen LogP contribution in [0.3, 0.4) is 0 Å². The standard InChI is InChI=1S/C26H28N2O4/c29-26(17-27-21-12-14-22(15-13-21)31-19-23-9-6-16-30-23)28-24-10-4-5-11-25(24)32-18-20-7-2-1-3-8-20/h1-5,7-8,10-15,23,27H,6,9,16-19H2,(H,28,29). The first kappa shape index (κ1) is 21.7. The van der Waals surface area contributed by atoms with E-state index >= 15 is 0 Å². The molecule has 1 atom stereocenters. The maximum atomic E-state index is 12.5. The molecule has 0 bridgehead atoms. The Balaban J connectivity index is 1.24. The van der Waals surface area contributed by atoms with E-state index < -0.39 is 0 Å². The van der Waals surface area contributed by atoms with E-state index in [2.05, 4.69) is 10.6 Å². The second kappa shape index (κ2) is 11.2. The Kier molecular flexibility index (Phi) is 7.60. The number of carbonyl (C=O) groups is 1. The van der Waals surface area contributed by atoms with Crippen LogP contribution in [0.5, 0.6) is 11.5 Å². The first-order chi connectivity index (χ1) is 15.8. The topological polar surface area (TPSA) is 68.8 Å². The van der Waals surface area contributed by atoms with Gasteiger partial charge in [0.25, 0.3) is 0 Å². The van der Waals surface area contributed by atoms with Gasteiger partial charge in [0.1, 0.15) is 24.7 Å². The number of hydrogen-bond acceptors (Lipinski definition) is 5. The molecule has 1 saturated heterocycles. The van der Waals surface area contributed by atoms with Crippen LogP contribution < -0.4 is 20.1 Å². The Morgan fingerprint density at radius 1 is 0.938 bits per heavy atom. The largest absolute Gasteiger partial charge is 0.491 e. The molecule has 0 aliphatic carbocycles. The first-order valence-electron chi connectivity index (χ1n) is 10.9. The van der Waals surface area contributed by atoms with Gasteiger partial charge in [0.2, 0.25) is 5.91 Å². The van der Waals surface area contributed by atoms with E-state index in [-0.39, 0.29) is 18.6 Å². The summed E-state index contributed by atoms with van der Waals surface area (Å²) in [6.07, 6.45) is 2.34. The number of amides is 1. The van der Waals surface area contributed by atoms with Crippen LogP contribution in [0.4, 0.5) is 11.4 Å². The van der Waals surface area contributed by atoms with Crippen molar-refractivity contribution in [3.63, 3.8) is 0 Å². The lowest BCUT2D eigenvalue weighted by Gasteiger charge is -2.14. The second-order valence-corrected chi connectivity index (χ2v) is 7.64. The highest BCUT2D eigenvalue weighted by Gasteiger charge is 2.16. The van der Waals surface area contributed by atoms with Crippen molar-refractivity contribution < 1.29 is 19.0 Å². The van der Waals surface area contributed by atoms with E-state index in [1.165, 1.54) is 0 Å². The van der Waals surface area contributed by atoms with Crippen molar-refractivity contribution in [2.75, 3.05) is 30.4 Å². The lowest BCUT2D eigenvalue weighted by molar-refractivity contribution is -0.114. The smallest absolute Gasteiger partial charge is 0.243 e. The van der Waals surface area contributed by atoms with E-state index in [4.69, 9.17) is 14.2 Å². The van der Waals surface area contributed by atoms with E-state index in [1.807, 2.05) is 78.9 Å². The van der Waals surface area contributed by atoms with E-state index in [9.17, 15) is 4.79 Å². The van der Waals surface area contributed by atoms with Gasteiger partial charge in [0, 0.05) is 12.3 Å². The molecule has 32 heavy (non-hydrogen) atoms. The van der Waals surface area contributed by atoms with Gasteiger partial charge in [-0.2, -0.15) is 0 Å². The fourth-order valence-corrected chi connectivity index (χ4v) is 3.44. The third-order valence-electron chi connectivity index (χ3n) is 5.17. The molecule has 1 aliphatic rings. The second-order valence-electron chi connectivity index (χ2n) is 7.64. The van der Waals surface area contributed by atoms with Crippen molar-refractivity contribution in [1.29, 1.82) is 0 Å². The molecule has 3 aromatic carbocycles. The molecular weight excluding hydrogens is 404 g/mol. The third kappa shape index (κ3) is 6.49. The molecule has 2 N–H and O–H groups in total. The maximum absolute atomic E-state index is 12.5. The molecule has 0 saturated carbocycles. The zero-order chi connectivity index (χ0) is 22.0. The van der Waals surface area contributed by atoms with Crippen LogP contribution in [0, 0.1) is 0 Å². The number of rotatable bonds is 10. The van der Waals surface area contributed by atoms with Gasteiger partial charge in [-0.25, -0.2) is 0 Å². The molecule has 0 aromatic heterocycles. The van der Waals surface area contributed by atoms with Crippen LogP contribution in [-0.4, -0.2) is 31.8 Å². The third-order valence-corrected chi connectivity index (χ3v) is 5.17. The summed E-state index contributed by atoms with van der Waals surface area (Å²) in [5.74, 6) is 1.27. The Hall–Kier alpha value is -3.51. The number of nitrogens with one attached hydrogen (secondary N) is 2. The summed E-state index contributed by atoms with van der Waals surface area (Å²) < 4.78 is 17.2. The molecule has 0 radical (unpaired) electrons. The highest BCUT2D eigenvalue weighted by molar-refractivity contribution is 5.95. The predicted octanol–water partition coefficient (Wildman–Crippen LogP) is 4.87. The number of ether oxygens (including phenoxy) is 3. The number of anilines is 2. The minimum Gasteiger partial charge on any atom is -0.491 e. The monoisotopic (exact) mass is 432 g/mol. The van der Waals surface area contributed by atoms with Gasteiger partial charge in [-0.05, 0) is 54.8 Å². The van der Waals surface area contributed by atoms with Crippen LogP contribution in [0.25, 0.3) is 0 Å². The van der Waals surface area contributed by atoms with Crippen LogP contribution >= 0.6 is 0 Å². The van der Waals surface area contributed by atoms with Crippen molar-refractivity contribution in [2.24, 2.45) is 0 Å². The van der Waals surface area contributed by atoms with Crippen molar-refractivity contribution in [3.05, 3.63) is 84.4 Å². The Morgan fingerprint density at radius 3 is 2.50 bits per heavy atom. The molecular formula is C26H28N2O4. The lowest BCUT2D eigenvalue weighted by atomic mass is 10.2. The van der Waals surface area contributed by atoms with Crippen LogP contribution in [0.1, 0.15) is 18.4 Å². The highest BCUT2D eigenvalue weighted by atomic mass is 16.5. The van der Waals surface area contributed by atoms with E-state index in [1.54, 1.807) is 0 Å². The molecule has 6 heteroatoms. The van der Waals surface area contributed by atoms with Crippen LogP contribution in [-0.2, 0) is 16.1 Å². The summed E-state index contributed by atoms with van der Waals surface area (Å²) in [6, 6.07) is 24.9. The zero-order valence-corrected chi connectivity index (χ0v) is 18.0. The summed E-state index contributed by atoms with van der Waals surface area (Å²) in [6.45, 7) is 1.97. The molecule has 3 aromatic rings. The number of benzene rings is 3. The average Bonchev–Trinajstić information content (AvgIpc) is 3.36. The molecule has 166 valence electrons. The molecule has 1 heterocycles. The Morgan fingerprint density at radius 2 is 1.72 bits per heavy atom. The van der Waals surface area contributed by atoms with Gasteiger partial charge in [-0.3, -0.25) is 4.79 Å². The molecule has 1 unspecified atom stereocenters. The number of para-hydroxylation sites is 2. The fraction of sp³-hybridized carbons (Fsp3) is 0.269.